The molecule has 0 saturated carbocycles. The summed E-state index contributed by atoms with van der Waals surface area (Å²) >= 11 is 3.06. The van der Waals surface area contributed by atoms with Crippen LogP contribution in [0.4, 0.5) is 0 Å². The molecule has 0 spiro atoms. The largest absolute Gasteiger partial charge is 0.327 e. The van der Waals surface area contributed by atoms with E-state index in [1.165, 1.54) is 11.3 Å². The average molecular weight is 238 g/mol. The van der Waals surface area contributed by atoms with E-state index in [0.717, 1.165) is 10.4 Å². The Bertz CT molecular complexity index is 508. The Morgan fingerprint density at radius 3 is 3.00 bits per heavy atom. The van der Waals surface area contributed by atoms with Crippen molar-refractivity contribution < 1.29 is 4.79 Å². The van der Waals surface area contributed by atoms with Gasteiger partial charge in [-0.2, -0.15) is 16.3 Å². The topological polar surface area (TPSA) is 34.4 Å². The first kappa shape index (κ1) is 10.3. The predicted octanol–water partition coefficient (Wildman–Crippen LogP) is 1.82. The van der Waals surface area contributed by atoms with Gasteiger partial charge < -0.3 is 4.57 Å². The molecule has 5 heteroatoms. The molecule has 0 N–H and O–H groups in total. The molecule has 15 heavy (non-hydrogen) atoms. The van der Waals surface area contributed by atoms with Crippen molar-refractivity contribution in [3.63, 3.8) is 0 Å². The summed E-state index contributed by atoms with van der Waals surface area (Å²) in [6.07, 6.45) is 2.28. The second-order valence-electron chi connectivity index (χ2n) is 3.11. The van der Waals surface area contributed by atoms with Gasteiger partial charge in [0.1, 0.15) is 0 Å². The molecule has 3 nitrogen and oxygen atoms in total. The minimum Gasteiger partial charge on any atom is -0.327 e. The van der Waals surface area contributed by atoms with Crippen molar-refractivity contribution in [2.45, 2.75) is 6.42 Å². The summed E-state index contributed by atoms with van der Waals surface area (Å²) in [5.41, 5.74) is 1.04. The van der Waals surface area contributed by atoms with Crippen LogP contribution in [-0.2, 0) is 18.3 Å². The van der Waals surface area contributed by atoms with Crippen molar-refractivity contribution in [3.8, 4) is 0 Å². The molecule has 1 amide bonds. The highest BCUT2D eigenvalue weighted by atomic mass is 32.1. The quantitative estimate of drug-likeness (QED) is 0.786. The Kier molecular flexibility index (Phi) is 3.13. The average Bonchev–Trinajstić information content (AvgIpc) is 2.79. The summed E-state index contributed by atoms with van der Waals surface area (Å²) in [7, 11) is 1.88. The third-order valence-electron chi connectivity index (χ3n) is 1.92. The molecule has 78 valence electrons. The van der Waals surface area contributed by atoms with E-state index in [1.807, 2.05) is 40.0 Å². The summed E-state index contributed by atoms with van der Waals surface area (Å²) in [5, 5.41) is 5.85. The zero-order valence-corrected chi connectivity index (χ0v) is 9.85. The van der Waals surface area contributed by atoms with Crippen LogP contribution >= 0.6 is 22.7 Å². The van der Waals surface area contributed by atoms with Crippen LogP contribution in [0.3, 0.4) is 0 Å². The lowest BCUT2D eigenvalue weighted by Crippen LogP contribution is -2.13. The lowest BCUT2D eigenvalue weighted by molar-refractivity contribution is -0.117. The summed E-state index contributed by atoms with van der Waals surface area (Å²) in [5.74, 6) is -0.0912. The van der Waals surface area contributed by atoms with Gasteiger partial charge in [-0.15, -0.1) is 11.3 Å². The van der Waals surface area contributed by atoms with E-state index in [4.69, 9.17) is 0 Å². The fraction of sp³-hybridized carbons (Fsp3) is 0.200. The molecule has 0 aliphatic heterocycles. The lowest BCUT2D eigenvalue weighted by atomic mass is 10.2. The van der Waals surface area contributed by atoms with Crippen LogP contribution in [0.1, 0.15) is 5.56 Å². The summed E-state index contributed by atoms with van der Waals surface area (Å²) in [6.45, 7) is 0. The maximum atomic E-state index is 11.6. The molecule has 0 saturated heterocycles. The van der Waals surface area contributed by atoms with Crippen LogP contribution in [0.5, 0.6) is 0 Å². The van der Waals surface area contributed by atoms with Crippen LogP contribution in [0.15, 0.2) is 33.4 Å². The molecule has 0 aromatic carbocycles. The van der Waals surface area contributed by atoms with Gasteiger partial charge in [0.25, 0.3) is 5.91 Å². The Hall–Kier alpha value is -1.20. The van der Waals surface area contributed by atoms with E-state index in [-0.39, 0.29) is 5.91 Å². The number of aryl methyl sites for hydroxylation is 1. The highest BCUT2D eigenvalue weighted by Crippen LogP contribution is 2.06. The highest BCUT2D eigenvalue weighted by Gasteiger charge is 2.02. The Balaban J connectivity index is 2.14. The smallest absolute Gasteiger partial charge is 0.252 e. The molecule has 0 atom stereocenters. The number of thiazole rings is 1. The SMILES string of the molecule is Cn1ccsc1=NC(=O)Cc1ccsc1. The second-order valence-corrected chi connectivity index (χ2v) is 4.76. The number of nitrogens with zero attached hydrogens (tertiary/aromatic N) is 2. The van der Waals surface area contributed by atoms with Crippen molar-refractivity contribution in [2.24, 2.45) is 12.0 Å². The van der Waals surface area contributed by atoms with E-state index in [2.05, 4.69) is 4.99 Å². The third-order valence-corrected chi connectivity index (χ3v) is 3.50. The first-order valence-electron chi connectivity index (χ1n) is 4.44. The Labute approximate surface area is 95.4 Å². The monoisotopic (exact) mass is 238 g/mol. The van der Waals surface area contributed by atoms with Crippen molar-refractivity contribution in [1.82, 2.24) is 4.57 Å². The van der Waals surface area contributed by atoms with E-state index in [1.54, 1.807) is 11.3 Å². The Morgan fingerprint density at radius 1 is 1.53 bits per heavy atom. The normalized spacial score (nSPS) is 11.9. The van der Waals surface area contributed by atoms with Crippen molar-refractivity contribution in [3.05, 3.63) is 38.8 Å². The number of aromatic nitrogens is 1. The molecule has 2 heterocycles. The van der Waals surface area contributed by atoms with Gasteiger partial charge in [-0.05, 0) is 22.4 Å². The minimum atomic E-state index is -0.0912. The van der Waals surface area contributed by atoms with E-state index < -0.39 is 0 Å². The fourth-order valence-electron chi connectivity index (χ4n) is 1.15. The summed E-state index contributed by atoms with van der Waals surface area (Å²) in [4.78, 5) is 16.3. The number of carbonyl (C=O) groups is 1. The molecule has 0 radical (unpaired) electrons. The zero-order chi connectivity index (χ0) is 10.7. The summed E-state index contributed by atoms with van der Waals surface area (Å²) in [6, 6.07) is 1.95. The van der Waals surface area contributed by atoms with Crippen LogP contribution in [0.2, 0.25) is 0 Å². The van der Waals surface area contributed by atoms with Gasteiger partial charge in [-0.3, -0.25) is 4.79 Å². The number of carbonyl (C=O) groups excluding carboxylic acids is 1. The molecular formula is C10H10N2OS2. The molecule has 2 rings (SSSR count). The van der Waals surface area contributed by atoms with Crippen molar-refractivity contribution in [1.29, 1.82) is 0 Å². The van der Waals surface area contributed by atoms with Gasteiger partial charge >= 0.3 is 0 Å². The number of amides is 1. The molecular weight excluding hydrogens is 228 g/mol. The van der Waals surface area contributed by atoms with Gasteiger partial charge in [0.2, 0.25) is 0 Å². The maximum Gasteiger partial charge on any atom is 0.252 e. The van der Waals surface area contributed by atoms with Crippen LogP contribution in [0.25, 0.3) is 0 Å². The third kappa shape index (κ3) is 2.64. The highest BCUT2D eigenvalue weighted by molar-refractivity contribution is 7.08. The molecule has 2 aromatic rings. The summed E-state index contributed by atoms with van der Waals surface area (Å²) < 4.78 is 1.84. The van der Waals surface area contributed by atoms with Crippen LogP contribution in [-0.4, -0.2) is 10.5 Å². The predicted molar refractivity (Wildman–Crippen MR) is 61.9 cm³/mol. The van der Waals surface area contributed by atoms with E-state index >= 15 is 0 Å². The molecule has 0 aliphatic rings. The van der Waals surface area contributed by atoms with Crippen molar-refractivity contribution in [2.75, 3.05) is 0 Å². The lowest BCUT2D eigenvalue weighted by Gasteiger charge is -1.91. The molecule has 0 bridgehead atoms. The van der Waals surface area contributed by atoms with Gasteiger partial charge in [0.05, 0.1) is 6.42 Å². The van der Waals surface area contributed by atoms with E-state index in [0.29, 0.717) is 6.42 Å². The number of hydrogen-bond acceptors (Lipinski definition) is 3. The molecule has 0 aliphatic carbocycles. The second kappa shape index (κ2) is 4.55. The van der Waals surface area contributed by atoms with Crippen molar-refractivity contribution >= 4 is 28.6 Å². The van der Waals surface area contributed by atoms with Crippen LogP contribution in [0, 0.1) is 0 Å². The fourth-order valence-corrected chi connectivity index (χ4v) is 2.56. The maximum absolute atomic E-state index is 11.6. The zero-order valence-electron chi connectivity index (χ0n) is 8.21. The first-order chi connectivity index (χ1) is 7.25. The van der Waals surface area contributed by atoms with Gasteiger partial charge in [0, 0.05) is 18.6 Å². The number of hydrogen-bond donors (Lipinski definition) is 0. The molecule has 2 aromatic heterocycles. The molecule has 0 fully saturated rings. The van der Waals surface area contributed by atoms with Gasteiger partial charge in [0.15, 0.2) is 4.80 Å². The molecule has 0 unspecified atom stereocenters. The number of rotatable bonds is 2. The van der Waals surface area contributed by atoms with Crippen LogP contribution < -0.4 is 4.80 Å². The first-order valence-corrected chi connectivity index (χ1v) is 6.27. The van der Waals surface area contributed by atoms with Gasteiger partial charge in [-0.1, -0.05) is 0 Å². The standard InChI is InChI=1S/C10H10N2OS2/c1-12-3-5-15-10(12)11-9(13)6-8-2-4-14-7-8/h2-5,7H,6H2,1H3. The number of thiophene rings is 1. The van der Waals surface area contributed by atoms with E-state index in [9.17, 15) is 4.79 Å². The van der Waals surface area contributed by atoms with Gasteiger partial charge in [-0.25, -0.2) is 0 Å². The minimum absolute atomic E-state index is 0.0912. The Morgan fingerprint density at radius 2 is 2.40 bits per heavy atom.